The summed E-state index contributed by atoms with van der Waals surface area (Å²) in [6, 6.07) is 20.5. The number of fused-ring (bicyclic) bond motifs is 3. The van der Waals surface area contributed by atoms with Crippen LogP contribution in [-0.4, -0.2) is 9.38 Å². The van der Waals surface area contributed by atoms with Crippen LogP contribution in [0.4, 0.5) is 0 Å². The average Bonchev–Trinajstić information content (AvgIpc) is 3.25. The fourth-order valence-corrected chi connectivity index (χ4v) is 4.74. The topological polar surface area (TPSA) is 43.6 Å². The fourth-order valence-electron chi connectivity index (χ4n) is 3.25. The molecule has 0 saturated heterocycles. The molecule has 0 fully saturated rings. The molecular formula is C23H14Cl2N2O2S. The second-order valence-electron chi connectivity index (χ2n) is 6.69. The third kappa shape index (κ3) is 3.45. The predicted octanol–water partition coefficient (Wildman–Crippen LogP) is 5.34. The van der Waals surface area contributed by atoms with Gasteiger partial charge in [-0.2, -0.15) is 0 Å². The molecule has 5 rings (SSSR count). The van der Waals surface area contributed by atoms with Gasteiger partial charge in [-0.05, 0) is 48.0 Å². The summed E-state index contributed by atoms with van der Waals surface area (Å²) < 4.78 is 8.11. The SMILES string of the molecule is O=c1c(=Cc2ccc(OCc3c(Cl)cccc3Cl)cc2)sc2nc3ccccc3n12. The Morgan fingerprint density at radius 1 is 0.967 bits per heavy atom. The third-order valence-corrected chi connectivity index (χ3v) is 6.44. The Morgan fingerprint density at radius 2 is 1.70 bits per heavy atom. The van der Waals surface area contributed by atoms with Crippen molar-refractivity contribution in [2.24, 2.45) is 0 Å². The maximum atomic E-state index is 12.9. The lowest BCUT2D eigenvalue weighted by Gasteiger charge is -2.09. The van der Waals surface area contributed by atoms with E-state index in [1.165, 1.54) is 11.3 Å². The van der Waals surface area contributed by atoms with Gasteiger partial charge in [-0.15, -0.1) is 0 Å². The van der Waals surface area contributed by atoms with E-state index in [1.807, 2.05) is 54.6 Å². The molecule has 0 N–H and O–H groups in total. The van der Waals surface area contributed by atoms with Gasteiger partial charge in [0.2, 0.25) is 0 Å². The molecule has 0 saturated carbocycles. The summed E-state index contributed by atoms with van der Waals surface area (Å²) in [6.07, 6.45) is 1.87. The third-order valence-electron chi connectivity index (χ3n) is 4.77. The lowest BCUT2D eigenvalue weighted by molar-refractivity contribution is 0.306. The van der Waals surface area contributed by atoms with Crippen molar-refractivity contribution in [1.82, 2.24) is 9.38 Å². The smallest absolute Gasteiger partial charge is 0.274 e. The number of nitrogens with zero attached hydrogens (tertiary/aromatic N) is 2. The molecule has 4 nitrogen and oxygen atoms in total. The van der Waals surface area contributed by atoms with E-state index in [4.69, 9.17) is 27.9 Å². The highest BCUT2D eigenvalue weighted by Gasteiger charge is 2.10. The van der Waals surface area contributed by atoms with E-state index in [-0.39, 0.29) is 12.2 Å². The zero-order valence-corrected chi connectivity index (χ0v) is 17.8. The lowest BCUT2D eigenvalue weighted by Crippen LogP contribution is -2.22. The lowest BCUT2D eigenvalue weighted by atomic mass is 10.2. The van der Waals surface area contributed by atoms with E-state index in [9.17, 15) is 4.79 Å². The molecule has 7 heteroatoms. The van der Waals surface area contributed by atoms with Gasteiger partial charge in [-0.1, -0.05) is 64.9 Å². The Hall–Kier alpha value is -2.86. The van der Waals surface area contributed by atoms with Crippen molar-refractivity contribution in [3.63, 3.8) is 0 Å². The molecule has 2 heterocycles. The van der Waals surface area contributed by atoms with E-state index in [1.54, 1.807) is 22.6 Å². The van der Waals surface area contributed by atoms with Crippen LogP contribution in [0.2, 0.25) is 10.0 Å². The van der Waals surface area contributed by atoms with Gasteiger partial charge in [0.05, 0.1) is 15.6 Å². The quantitative estimate of drug-likeness (QED) is 0.369. The van der Waals surface area contributed by atoms with Crippen LogP contribution in [0.5, 0.6) is 5.75 Å². The second kappa shape index (κ2) is 7.76. The molecule has 5 aromatic rings. The average molecular weight is 453 g/mol. The minimum Gasteiger partial charge on any atom is -0.489 e. The van der Waals surface area contributed by atoms with Gasteiger partial charge >= 0.3 is 0 Å². The van der Waals surface area contributed by atoms with E-state index >= 15 is 0 Å². The number of benzene rings is 3. The van der Waals surface area contributed by atoms with Gasteiger partial charge in [0, 0.05) is 15.6 Å². The Kier molecular flexibility index (Phi) is 4.95. The number of imidazole rings is 1. The first-order valence-corrected chi connectivity index (χ1v) is 10.7. The Bertz CT molecular complexity index is 1470. The van der Waals surface area contributed by atoms with Gasteiger partial charge in [0.15, 0.2) is 4.96 Å². The van der Waals surface area contributed by atoms with Gasteiger partial charge in [0.1, 0.15) is 12.4 Å². The van der Waals surface area contributed by atoms with Crippen LogP contribution in [0.3, 0.4) is 0 Å². The van der Waals surface area contributed by atoms with Crippen molar-refractivity contribution in [3.05, 3.63) is 103 Å². The van der Waals surface area contributed by atoms with Gasteiger partial charge in [-0.3, -0.25) is 4.79 Å². The van der Waals surface area contributed by atoms with Gasteiger partial charge in [-0.25, -0.2) is 9.38 Å². The number of aromatic nitrogens is 2. The van der Waals surface area contributed by atoms with Crippen molar-refractivity contribution in [1.29, 1.82) is 0 Å². The largest absolute Gasteiger partial charge is 0.489 e. The Balaban J connectivity index is 1.41. The predicted molar refractivity (Wildman–Crippen MR) is 123 cm³/mol. The molecule has 0 aliphatic rings. The van der Waals surface area contributed by atoms with Crippen molar-refractivity contribution >= 4 is 56.6 Å². The van der Waals surface area contributed by atoms with Crippen molar-refractivity contribution < 1.29 is 4.74 Å². The van der Waals surface area contributed by atoms with E-state index in [0.717, 1.165) is 22.2 Å². The standard InChI is InChI=1S/C23H14Cl2N2O2S/c24-17-4-3-5-18(25)16(17)13-29-15-10-8-14(9-11-15)12-21-22(28)27-20-7-2-1-6-19(20)26-23(27)30-21/h1-12H,13H2. The fraction of sp³-hybridized carbons (Fsp3) is 0.0435. The van der Waals surface area contributed by atoms with E-state index in [0.29, 0.717) is 25.3 Å². The van der Waals surface area contributed by atoms with E-state index in [2.05, 4.69) is 4.98 Å². The highest BCUT2D eigenvalue weighted by molar-refractivity contribution is 7.15. The number of ether oxygens (including phenoxy) is 1. The molecule has 2 aromatic heterocycles. The summed E-state index contributed by atoms with van der Waals surface area (Å²) in [4.78, 5) is 18.1. The summed E-state index contributed by atoms with van der Waals surface area (Å²) in [6.45, 7) is 0.279. The Morgan fingerprint density at radius 3 is 2.47 bits per heavy atom. The Labute approximate surface area is 185 Å². The van der Waals surface area contributed by atoms with E-state index < -0.39 is 0 Å². The summed E-state index contributed by atoms with van der Waals surface area (Å²) in [7, 11) is 0. The second-order valence-corrected chi connectivity index (χ2v) is 8.52. The highest BCUT2D eigenvalue weighted by atomic mass is 35.5. The number of rotatable bonds is 4. The van der Waals surface area contributed by atoms with Crippen LogP contribution in [0, 0.1) is 0 Å². The molecule has 148 valence electrons. The normalized spacial score (nSPS) is 12.1. The van der Waals surface area contributed by atoms with Crippen LogP contribution in [-0.2, 0) is 6.61 Å². The molecule has 0 aliphatic carbocycles. The van der Waals surface area contributed by atoms with Crippen molar-refractivity contribution in [3.8, 4) is 5.75 Å². The molecular weight excluding hydrogens is 439 g/mol. The number of halogens is 2. The summed E-state index contributed by atoms with van der Waals surface area (Å²) in [5.41, 5.74) is 3.26. The van der Waals surface area contributed by atoms with Gasteiger partial charge < -0.3 is 4.74 Å². The first-order valence-electron chi connectivity index (χ1n) is 9.17. The zero-order chi connectivity index (χ0) is 20.7. The first kappa shape index (κ1) is 19.1. The molecule has 0 bridgehead atoms. The summed E-state index contributed by atoms with van der Waals surface area (Å²) in [5, 5.41) is 1.15. The summed E-state index contributed by atoms with van der Waals surface area (Å²) in [5.74, 6) is 0.692. The summed E-state index contributed by atoms with van der Waals surface area (Å²) >= 11 is 13.7. The molecule has 3 aromatic carbocycles. The molecule has 30 heavy (non-hydrogen) atoms. The molecule has 0 unspecified atom stereocenters. The van der Waals surface area contributed by atoms with Crippen LogP contribution >= 0.6 is 34.5 Å². The first-order chi connectivity index (χ1) is 14.6. The minimum atomic E-state index is -0.0580. The van der Waals surface area contributed by atoms with Crippen LogP contribution in [0.1, 0.15) is 11.1 Å². The monoisotopic (exact) mass is 452 g/mol. The van der Waals surface area contributed by atoms with Crippen LogP contribution < -0.4 is 14.8 Å². The molecule has 0 spiro atoms. The number of para-hydroxylation sites is 2. The maximum Gasteiger partial charge on any atom is 0.274 e. The minimum absolute atomic E-state index is 0.0580. The van der Waals surface area contributed by atoms with Gasteiger partial charge in [0.25, 0.3) is 5.56 Å². The maximum absolute atomic E-state index is 12.9. The van der Waals surface area contributed by atoms with Crippen molar-refractivity contribution in [2.45, 2.75) is 6.61 Å². The molecule has 0 atom stereocenters. The molecule has 0 aliphatic heterocycles. The highest BCUT2D eigenvalue weighted by Crippen LogP contribution is 2.26. The van der Waals surface area contributed by atoms with Crippen molar-refractivity contribution in [2.75, 3.05) is 0 Å². The molecule has 0 radical (unpaired) electrons. The van der Waals surface area contributed by atoms with Crippen LogP contribution in [0.25, 0.3) is 22.1 Å². The van der Waals surface area contributed by atoms with Crippen LogP contribution in [0.15, 0.2) is 71.5 Å². The number of hydrogen-bond donors (Lipinski definition) is 0. The molecule has 0 amide bonds. The number of thiazole rings is 1. The number of hydrogen-bond acceptors (Lipinski definition) is 4. The zero-order valence-electron chi connectivity index (χ0n) is 15.5.